The number of rotatable bonds is 6. The van der Waals surface area contributed by atoms with Gasteiger partial charge in [-0.25, -0.2) is 0 Å². The number of piperidine rings is 1. The molecule has 1 aliphatic rings. The van der Waals surface area contributed by atoms with Crippen LogP contribution in [0, 0.1) is 5.92 Å². The Morgan fingerprint density at radius 1 is 1.32 bits per heavy atom. The van der Waals surface area contributed by atoms with Gasteiger partial charge in [0.15, 0.2) is 0 Å². The van der Waals surface area contributed by atoms with Crippen LogP contribution in [0.4, 0.5) is 0 Å². The van der Waals surface area contributed by atoms with E-state index in [9.17, 15) is 5.11 Å². The fraction of sp³-hybridized carbons (Fsp3) is 0.684. The first-order valence-electron chi connectivity index (χ1n) is 8.68. The molecule has 1 aliphatic heterocycles. The highest BCUT2D eigenvalue weighted by Gasteiger charge is 2.39. The predicted molar refractivity (Wildman–Crippen MR) is 94.8 cm³/mol. The Balaban J connectivity index is 2.01. The highest BCUT2D eigenvalue weighted by Crippen LogP contribution is 2.43. The molecule has 0 amide bonds. The smallest absolute Gasteiger partial charge is 0.115 e. The number of hydrogen-bond acceptors (Lipinski definition) is 2. The molecule has 1 aromatic carbocycles. The Hall–Kier alpha value is -0.730. The molecule has 1 N–H and O–H groups in total. The number of aromatic hydroxyl groups is 1. The summed E-state index contributed by atoms with van der Waals surface area (Å²) in [4.78, 5) is 2.60. The lowest BCUT2D eigenvalue weighted by molar-refractivity contribution is 0.109. The number of hydrogen-bond donors (Lipinski definition) is 1. The molecule has 1 fully saturated rings. The maximum atomic E-state index is 9.82. The molecule has 0 aromatic heterocycles. The summed E-state index contributed by atoms with van der Waals surface area (Å²) >= 11 is 6.41. The van der Waals surface area contributed by atoms with E-state index in [4.69, 9.17) is 11.6 Å². The molecule has 0 aliphatic carbocycles. The van der Waals surface area contributed by atoms with E-state index in [1.165, 1.54) is 32.2 Å². The van der Waals surface area contributed by atoms with Crippen LogP contribution < -0.4 is 0 Å². The average molecular weight is 324 g/mol. The molecule has 3 heteroatoms. The SMILES string of the molecule is CCCCCCN1CC[C@](C)(c2cc(O)ccc2Cl)[C@@H](C)C1. The van der Waals surface area contributed by atoms with Crippen molar-refractivity contribution in [2.75, 3.05) is 19.6 Å². The van der Waals surface area contributed by atoms with Crippen molar-refractivity contribution in [3.63, 3.8) is 0 Å². The number of likely N-dealkylation sites (tertiary alicyclic amines) is 1. The van der Waals surface area contributed by atoms with Crippen LogP contribution >= 0.6 is 11.6 Å². The van der Waals surface area contributed by atoms with Gasteiger partial charge in [0, 0.05) is 11.6 Å². The van der Waals surface area contributed by atoms with Crippen LogP contribution in [0.15, 0.2) is 18.2 Å². The van der Waals surface area contributed by atoms with Gasteiger partial charge >= 0.3 is 0 Å². The molecular formula is C19H30ClNO. The molecule has 22 heavy (non-hydrogen) atoms. The molecule has 0 spiro atoms. The van der Waals surface area contributed by atoms with Crippen molar-refractivity contribution < 1.29 is 5.11 Å². The molecule has 124 valence electrons. The topological polar surface area (TPSA) is 23.5 Å². The van der Waals surface area contributed by atoms with Crippen molar-refractivity contribution in [2.45, 2.75) is 58.3 Å². The first kappa shape index (κ1) is 17.6. The van der Waals surface area contributed by atoms with Gasteiger partial charge in [-0.3, -0.25) is 0 Å². The monoisotopic (exact) mass is 323 g/mol. The van der Waals surface area contributed by atoms with E-state index < -0.39 is 0 Å². The Bertz CT molecular complexity index is 490. The molecule has 1 aromatic rings. The zero-order valence-corrected chi connectivity index (χ0v) is 15.0. The molecule has 0 saturated carbocycles. The molecule has 0 bridgehead atoms. The number of nitrogens with zero attached hydrogens (tertiary/aromatic N) is 1. The Kier molecular flexibility index (Phi) is 6.17. The lowest BCUT2D eigenvalue weighted by Gasteiger charge is -2.45. The summed E-state index contributed by atoms with van der Waals surface area (Å²) in [6.07, 6.45) is 6.40. The largest absolute Gasteiger partial charge is 0.508 e. The molecule has 2 rings (SSSR count). The predicted octanol–water partition coefficient (Wildman–Crippen LogP) is 5.23. The van der Waals surface area contributed by atoms with Gasteiger partial charge in [-0.15, -0.1) is 0 Å². The molecule has 1 heterocycles. The van der Waals surface area contributed by atoms with E-state index in [0.29, 0.717) is 11.7 Å². The van der Waals surface area contributed by atoms with Crippen LogP contribution in [-0.4, -0.2) is 29.6 Å². The minimum absolute atomic E-state index is 0.0513. The van der Waals surface area contributed by atoms with Crippen LogP contribution in [0.1, 0.15) is 58.4 Å². The van der Waals surface area contributed by atoms with E-state index in [1.807, 2.05) is 12.1 Å². The van der Waals surface area contributed by atoms with Crippen molar-refractivity contribution in [1.29, 1.82) is 0 Å². The van der Waals surface area contributed by atoms with E-state index >= 15 is 0 Å². The number of phenols is 1. The minimum Gasteiger partial charge on any atom is -0.508 e. The summed E-state index contributed by atoms with van der Waals surface area (Å²) in [5.74, 6) is 0.849. The van der Waals surface area contributed by atoms with Gasteiger partial charge in [-0.1, -0.05) is 51.6 Å². The lowest BCUT2D eigenvalue weighted by atomic mass is 9.68. The van der Waals surface area contributed by atoms with Gasteiger partial charge in [0.1, 0.15) is 5.75 Å². The summed E-state index contributed by atoms with van der Waals surface area (Å²) < 4.78 is 0. The maximum absolute atomic E-state index is 9.82. The lowest BCUT2D eigenvalue weighted by Crippen LogP contribution is -2.47. The minimum atomic E-state index is 0.0513. The summed E-state index contributed by atoms with van der Waals surface area (Å²) in [6, 6.07) is 5.35. The van der Waals surface area contributed by atoms with Crippen LogP contribution in [0.3, 0.4) is 0 Å². The Labute approximate surface area is 140 Å². The third kappa shape index (κ3) is 3.97. The Morgan fingerprint density at radius 2 is 2.09 bits per heavy atom. The zero-order chi connectivity index (χ0) is 16.2. The van der Waals surface area contributed by atoms with Gasteiger partial charge in [-0.2, -0.15) is 0 Å². The van der Waals surface area contributed by atoms with Crippen molar-refractivity contribution in [3.8, 4) is 5.75 Å². The highest BCUT2D eigenvalue weighted by molar-refractivity contribution is 6.31. The second kappa shape index (κ2) is 7.70. The molecule has 1 saturated heterocycles. The number of phenolic OH excluding ortho intramolecular Hbond substituents is 1. The first-order chi connectivity index (χ1) is 10.5. The number of unbranched alkanes of at least 4 members (excludes halogenated alkanes) is 3. The van der Waals surface area contributed by atoms with Crippen LogP contribution in [0.5, 0.6) is 5.75 Å². The highest BCUT2D eigenvalue weighted by atomic mass is 35.5. The van der Waals surface area contributed by atoms with Gasteiger partial charge < -0.3 is 10.0 Å². The third-order valence-corrected chi connectivity index (χ3v) is 5.79. The number of benzene rings is 1. The second-order valence-corrected chi connectivity index (χ2v) is 7.50. The van der Waals surface area contributed by atoms with E-state index in [0.717, 1.165) is 30.1 Å². The van der Waals surface area contributed by atoms with Gasteiger partial charge in [0.2, 0.25) is 0 Å². The normalized spacial score (nSPS) is 26.3. The molecule has 2 atom stereocenters. The standard InChI is InChI=1S/C19H30ClNO/c1-4-5-6-7-11-21-12-10-19(3,15(2)14-21)17-13-16(22)8-9-18(17)20/h8-9,13,15,22H,4-7,10-12,14H2,1-3H3/t15-,19-/m0/s1. The van der Waals surface area contributed by atoms with Crippen molar-refractivity contribution in [2.24, 2.45) is 5.92 Å². The summed E-state index contributed by atoms with van der Waals surface area (Å²) in [5.41, 5.74) is 1.16. The molecule has 0 unspecified atom stereocenters. The van der Waals surface area contributed by atoms with Gasteiger partial charge in [-0.05, 0) is 61.0 Å². The van der Waals surface area contributed by atoms with E-state index in [1.54, 1.807) is 6.07 Å². The summed E-state index contributed by atoms with van der Waals surface area (Å²) in [6.45, 7) is 10.3. The average Bonchev–Trinajstić information content (AvgIpc) is 2.50. The van der Waals surface area contributed by atoms with E-state index in [-0.39, 0.29) is 5.41 Å². The van der Waals surface area contributed by atoms with Crippen LogP contribution in [0.25, 0.3) is 0 Å². The molecule has 2 nitrogen and oxygen atoms in total. The van der Waals surface area contributed by atoms with Crippen molar-refractivity contribution >= 4 is 11.6 Å². The van der Waals surface area contributed by atoms with Crippen LogP contribution in [-0.2, 0) is 5.41 Å². The molecular weight excluding hydrogens is 294 g/mol. The maximum Gasteiger partial charge on any atom is 0.115 e. The van der Waals surface area contributed by atoms with Gasteiger partial charge in [0.25, 0.3) is 0 Å². The quantitative estimate of drug-likeness (QED) is 0.725. The van der Waals surface area contributed by atoms with Gasteiger partial charge in [0.05, 0.1) is 0 Å². The second-order valence-electron chi connectivity index (χ2n) is 7.09. The Morgan fingerprint density at radius 3 is 2.77 bits per heavy atom. The summed E-state index contributed by atoms with van der Waals surface area (Å²) in [5, 5.41) is 10.6. The zero-order valence-electron chi connectivity index (χ0n) is 14.2. The van der Waals surface area contributed by atoms with Crippen LogP contribution in [0.2, 0.25) is 5.02 Å². The number of halogens is 1. The fourth-order valence-electron chi connectivity index (χ4n) is 3.63. The van der Waals surface area contributed by atoms with Crippen molar-refractivity contribution in [1.82, 2.24) is 4.90 Å². The summed E-state index contributed by atoms with van der Waals surface area (Å²) in [7, 11) is 0. The fourth-order valence-corrected chi connectivity index (χ4v) is 3.97. The van der Waals surface area contributed by atoms with Crippen molar-refractivity contribution in [3.05, 3.63) is 28.8 Å². The molecule has 0 radical (unpaired) electrons. The first-order valence-corrected chi connectivity index (χ1v) is 9.06. The third-order valence-electron chi connectivity index (χ3n) is 5.46. The van der Waals surface area contributed by atoms with E-state index in [2.05, 4.69) is 25.7 Å².